The molecular formula is C9H12N6O2S. The normalized spacial score (nSPS) is 13.4. The first-order valence-electron chi connectivity index (χ1n) is 5.09. The van der Waals surface area contributed by atoms with Gasteiger partial charge in [-0.3, -0.25) is 5.10 Å². The SMILES string of the molecule is CC(NS(=O)(=O)c1cccnc1N)c1ncn[nH]1. The number of nitrogens with two attached hydrogens (primary N) is 1. The van der Waals surface area contributed by atoms with Gasteiger partial charge < -0.3 is 5.73 Å². The summed E-state index contributed by atoms with van der Waals surface area (Å²) in [7, 11) is -3.74. The molecule has 0 aromatic carbocycles. The Morgan fingerprint density at radius 3 is 2.83 bits per heavy atom. The van der Waals surface area contributed by atoms with Crippen LogP contribution in [0.25, 0.3) is 0 Å². The van der Waals surface area contributed by atoms with Crippen molar-refractivity contribution in [3.8, 4) is 0 Å². The van der Waals surface area contributed by atoms with Crippen molar-refractivity contribution in [3.63, 3.8) is 0 Å². The fourth-order valence-electron chi connectivity index (χ4n) is 1.41. The number of hydrogen-bond donors (Lipinski definition) is 3. The van der Waals surface area contributed by atoms with Crippen molar-refractivity contribution in [2.45, 2.75) is 17.9 Å². The maximum absolute atomic E-state index is 12.1. The molecule has 0 radical (unpaired) electrons. The highest BCUT2D eigenvalue weighted by Gasteiger charge is 2.22. The summed E-state index contributed by atoms with van der Waals surface area (Å²) < 4.78 is 26.6. The second kappa shape index (κ2) is 4.70. The van der Waals surface area contributed by atoms with Crippen LogP contribution in [0.4, 0.5) is 5.82 Å². The Hall–Kier alpha value is -2.00. The molecule has 2 aromatic heterocycles. The van der Waals surface area contributed by atoms with Gasteiger partial charge in [-0.1, -0.05) is 0 Å². The quantitative estimate of drug-likeness (QED) is 0.706. The molecule has 0 spiro atoms. The molecule has 0 amide bonds. The van der Waals surface area contributed by atoms with Crippen molar-refractivity contribution >= 4 is 15.8 Å². The second-order valence-electron chi connectivity index (χ2n) is 3.60. The van der Waals surface area contributed by atoms with Crippen molar-refractivity contribution in [1.29, 1.82) is 0 Å². The maximum Gasteiger partial charge on any atom is 0.244 e. The zero-order valence-electron chi connectivity index (χ0n) is 9.53. The van der Waals surface area contributed by atoms with Crippen LogP contribution >= 0.6 is 0 Å². The molecule has 1 atom stereocenters. The van der Waals surface area contributed by atoms with Crippen LogP contribution in [-0.4, -0.2) is 28.6 Å². The number of nitrogens with zero attached hydrogens (tertiary/aromatic N) is 3. The number of pyridine rings is 1. The van der Waals surface area contributed by atoms with Crippen LogP contribution in [-0.2, 0) is 10.0 Å². The topological polar surface area (TPSA) is 127 Å². The third-order valence-electron chi connectivity index (χ3n) is 2.26. The molecule has 0 fully saturated rings. The number of H-pyrrole nitrogens is 1. The first-order chi connectivity index (χ1) is 8.50. The molecule has 2 heterocycles. The lowest BCUT2D eigenvalue weighted by atomic mass is 10.3. The lowest BCUT2D eigenvalue weighted by Gasteiger charge is -2.12. The average molecular weight is 268 g/mol. The highest BCUT2D eigenvalue weighted by molar-refractivity contribution is 7.89. The minimum Gasteiger partial charge on any atom is -0.383 e. The van der Waals surface area contributed by atoms with Gasteiger partial charge in [0.05, 0.1) is 6.04 Å². The lowest BCUT2D eigenvalue weighted by molar-refractivity contribution is 0.560. The molecule has 0 aliphatic rings. The molecule has 0 aliphatic heterocycles. The number of rotatable bonds is 4. The Kier molecular flexibility index (Phi) is 3.26. The van der Waals surface area contributed by atoms with Crippen LogP contribution in [0.15, 0.2) is 29.6 Å². The first kappa shape index (κ1) is 12.5. The van der Waals surface area contributed by atoms with Crippen LogP contribution in [0.2, 0.25) is 0 Å². The molecule has 2 aromatic rings. The Morgan fingerprint density at radius 2 is 2.22 bits per heavy atom. The molecule has 18 heavy (non-hydrogen) atoms. The molecular weight excluding hydrogens is 256 g/mol. The summed E-state index contributed by atoms with van der Waals surface area (Å²) in [6.07, 6.45) is 2.73. The van der Waals surface area contributed by atoms with Crippen molar-refractivity contribution in [2.24, 2.45) is 0 Å². The fourth-order valence-corrected chi connectivity index (χ4v) is 2.70. The molecule has 0 saturated heterocycles. The molecule has 1 unspecified atom stereocenters. The predicted molar refractivity (Wildman–Crippen MR) is 63.8 cm³/mol. The number of hydrogen-bond acceptors (Lipinski definition) is 6. The Labute approximate surface area is 104 Å². The van der Waals surface area contributed by atoms with E-state index in [9.17, 15) is 8.42 Å². The van der Waals surface area contributed by atoms with Crippen LogP contribution in [0.5, 0.6) is 0 Å². The Balaban J connectivity index is 2.26. The van der Waals surface area contributed by atoms with E-state index >= 15 is 0 Å². The zero-order valence-corrected chi connectivity index (χ0v) is 10.3. The average Bonchev–Trinajstić information content (AvgIpc) is 2.82. The third kappa shape index (κ3) is 2.46. The van der Waals surface area contributed by atoms with E-state index in [0.717, 1.165) is 0 Å². The van der Waals surface area contributed by atoms with E-state index in [1.54, 1.807) is 6.92 Å². The molecule has 0 saturated carbocycles. The minimum absolute atomic E-state index is 0.0465. The molecule has 96 valence electrons. The zero-order chi connectivity index (χ0) is 13.2. The van der Waals surface area contributed by atoms with Gasteiger partial charge in [-0.25, -0.2) is 23.1 Å². The van der Waals surface area contributed by atoms with E-state index in [0.29, 0.717) is 5.82 Å². The summed E-state index contributed by atoms with van der Waals surface area (Å²) >= 11 is 0. The van der Waals surface area contributed by atoms with Gasteiger partial charge >= 0.3 is 0 Å². The highest BCUT2D eigenvalue weighted by Crippen LogP contribution is 2.17. The molecule has 2 rings (SSSR count). The van der Waals surface area contributed by atoms with Crippen LogP contribution in [0.3, 0.4) is 0 Å². The van der Waals surface area contributed by atoms with E-state index in [2.05, 4.69) is 24.9 Å². The number of aromatic amines is 1. The smallest absolute Gasteiger partial charge is 0.244 e. The van der Waals surface area contributed by atoms with Crippen molar-refractivity contribution in [2.75, 3.05) is 5.73 Å². The number of anilines is 1. The number of nitrogens with one attached hydrogen (secondary N) is 2. The summed E-state index contributed by atoms with van der Waals surface area (Å²) in [6.45, 7) is 1.64. The molecule has 9 heteroatoms. The largest absolute Gasteiger partial charge is 0.383 e. The highest BCUT2D eigenvalue weighted by atomic mass is 32.2. The van der Waals surface area contributed by atoms with Crippen molar-refractivity contribution in [1.82, 2.24) is 24.9 Å². The third-order valence-corrected chi connectivity index (χ3v) is 3.85. The van der Waals surface area contributed by atoms with Gasteiger partial charge in [-0.05, 0) is 19.1 Å². The van der Waals surface area contributed by atoms with Crippen LogP contribution in [0.1, 0.15) is 18.8 Å². The lowest BCUT2D eigenvalue weighted by Crippen LogP contribution is -2.28. The summed E-state index contributed by atoms with van der Waals surface area (Å²) in [5.74, 6) is 0.371. The predicted octanol–water partition coefficient (Wildman–Crippen LogP) is -0.179. The van der Waals surface area contributed by atoms with Gasteiger partial charge in [0, 0.05) is 6.20 Å². The first-order valence-corrected chi connectivity index (χ1v) is 6.57. The summed E-state index contributed by atoms with van der Waals surface area (Å²) in [6, 6.07) is 2.35. The Bertz CT molecular complexity index is 624. The van der Waals surface area contributed by atoms with Gasteiger partial charge in [-0.2, -0.15) is 5.10 Å². The molecule has 0 aliphatic carbocycles. The molecule has 8 nitrogen and oxygen atoms in total. The van der Waals surface area contributed by atoms with Gasteiger partial charge in [0.25, 0.3) is 0 Å². The van der Waals surface area contributed by atoms with E-state index in [1.165, 1.54) is 24.7 Å². The maximum atomic E-state index is 12.1. The van der Waals surface area contributed by atoms with Gasteiger partial charge in [0.2, 0.25) is 10.0 Å². The van der Waals surface area contributed by atoms with E-state index in [4.69, 9.17) is 5.73 Å². The van der Waals surface area contributed by atoms with Crippen molar-refractivity contribution < 1.29 is 8.42 Å². The monoisotopic (exact) mass is 268 g/mol. The number of nitrogen functional groups attached to an aromatic ring is 1. The molecule has 0 bridgehead atoms. The van der Waals surface area contributed by atoms with Gasteiger partial charge in [0.15, 0.2) is 0 Å². The van der Waals surface area contributed by atoms with Gasteiger partial charge in [-0.15, -0.1) is 0 Å². The summed E-state index contributed by atoms with van der Waals surface area (Å²) in [4.78, 5) is 7.56. The summed E-state index contributed by atoms with van der Waals surface area (Å²) in [5.41, 5.74) is 5.54. The van der Waals surface area contributed by atoms with Crippen molar-refractivity contribution in [3.05, 3.63) is 30.5 Å². The van der Waals surface area contributed by atoms with E-state index in [1.807, 2.05) is 0 Å². The standard InChI is InChI=1S/C9H12N6O2S/c1-6(9-12-5-13-14-9)15-18(16,17)7-3-2-4-11-8(7)10/h2-6,15H,1H3,(H2,10,11)(H,12,13,14). The van der Waals surface area contributed by atoms with E-state index < -0.39 is 16.1 Å². The second-order valence-corrected chi connectivity index (χ2v) is 5.28. The van der Waals surface area contributed by atoms with Crippen LogP contribution < -0.4 is 10.5 Å². The fraction of sp³-hybridized carbons (Fsp3) is 0.222. The van der Waals surface area contributed by atoms with Gasteiger partial charge in [0.1, 0.15) is 22.9 Å². The number of aromatic nitrogens is 4. The molecule has 4 N–H and O–H groups in total. The number of sulfonamides is 1. The summed E-state index contributed by atoms with van der Waals surface area (Å²) in [5, 5.41) is 6.25. The Morgan fingerprint density at radius 1 is 1.44 bits per heavy atom. The van der Waals surface area contributed by atoms with Crippen LogP contribution in [0, 0.1) is 0 Å². The van der Waals surface area contributed by atoms with E-state index in [-0.39, 0.29) is 10.7 Å². The minimum atomic E-state index is -3.74.